The summed E-state index contributed by atoms with van der Waals surface area (Å²) in [4.78, 5) is 0. The number of benzene rings is 2. The molecule has 2 aromatic carbocycles. The predicted molar refractivity (Wildman–Crippen MR) is 74.8 cm³/mol. The quantitative estimate of drug-likeness (QED) is 0.803. The molecule has 3 heteroatoms. The van der Waals surface area contributed by atoms with Gasteiger partial charge in [0.2, 0.25) is 0 Å². The summed E-state index contributed by atoms with van der Waals surface area (Å²) in [6.07, 6.45) is 0. The summed E-state index contributed by atoms with van der Waals surface area (Å²) >= 11 is 3.41. The molecular weight excluding hydrogens is 290 g/mol. The van der Waals surface area contributed by atoms with Crippen LogP contribution in [0.2, 0.25) is 0 Å². The van der Waals surface area contributed by atoms with Crippen molar-refractivity contribution in [3.8, 4) is 17.6 Å². The molecule has 0 aliphatic carbocycles. The molecule has 0 aliphatic rings. The second-order valence-corrected chi connectivity index (χ2v) is 5.04. The van der Waals surface area contributed by atoms with Crippen LogP contribution >= 0.6 is 15.9 Å². The molecule has 0 N–H and O–H groups in total. The van der Waals surface area contributed by atoms with Gasteiger partial charge in [0, 0.05) is 4.47 Å². The van der Waals surface area contributed by atoms with Crippen molar-refractivity contribution in [1.82, 2.24) is 0 Å². The topological polar surface area (TPSA) is 33.0 Å². The third-order valence-electron chi connectivity index (χ3n) is 2.63. The molecule has 0 bridgehead atoms. The molecule has 0 saturated carbocycles. The molecule has 0 heterocycles. The van der Waals surface area contributed by atoms with Crippen molar-refractivity contribution in [2.24, 2.45) is 0 Å². The van der Waals surface area contributed by atoms with Gasteiger partial charge in [-0.05, 0) is 49.2 Å². The highest BCUT2D eigenvalue weighted by Crippen LogP contribution is 2.30. The molecule has 0 radical (unpaired) electrons. The van der Waals surface area contributed by atoms with Crippen LogP contribution in [0.4, 0.5) is 0 Å². The van der Waals surface area contributed by atoms with E-state index in [1.54, 1.807) is 6.07 Å². The molecule has 18 heavy (non-hydrogen) atoms. The van der Waals surface area contributed by atoms with Crippen LogP contribution < -0.4 is 4.74 Å². The zero-order chi connectivity index (χ0) is 13.1. The van der Waals surface area contributed by atoms with Crippen molar-refractivity contribution in [2.45, 2.75) is 13.8 Å². The number of halogens is 1. The van der Waals surface area contributed by atoms with E-state index in [1.165, 1.54) is 0 Å². The predicted octanol–water partition coefficient (Wildman–Crippen LogP) is 4.73. The van der Waals surface area contributed by atoms with E-state index in [9.17, 15) is 0 Å². The molecule has 0 aromatic heterocycles. The Morgan fingerprint density at radius 3 is 2.56 bits per heavy atom. The average Bonchev–Trinajstić information content (AvgIpc) is 2.34. The van der Waals surface area contributed by atoms with Gasteiger partial charge in [0.25, 0.3) is 0 Å². The lowest BCUT2D eigenvalue weighted by Crippen LogP contribution is -1.91. The minimum absolute atomic E-state index is 0.542. The smallest absolute Gasteiger partial charge is 0.145 e. The van der Waals surface area contributed by atoms with Gasteiger partial charge in [-0.3, -0.25) is 0 Å². The van der Waals surface area contributed by atoms with E-state index in [4.69, 9.17) is 10.00 Å². The Labute approximate surface area is 115 Å². The van der Waals surface area contributed by atoms with Gasteiger partial charge in [0.1, 0.15) is 17.6 Å². The third-order valence-corrected chi connectivity index (χ3v) is 3.12. The molecule has 0 spiro atoms. The van der Waals surface area contributed by atoms with Gasteiger partial charge in [-0.1, -0.05) is 28.1 Å². The van der Waals surface area contributed by atoms with E-state index in [-0.39, 0.29) is 0 Å². The van der Waals surface area contributed by atoms with Crippen molar-refractivity contribution in [3.63, 3.8) is 0 Å². The third kappa shape index (κ3) is 2.72. The van der Waals surface area contributed by atoms with Crippen LogP contribution in [0.5, 0.6) is 11.5 Å². The Morgan fingerprint density at radius 2 is 1.83 bits per heavy atom. The van der Waals surface area contributed by atoms with Crippen LogP contribution in [0.15, 0.2) is 40.9 Å². The fourth-order valence-corrected chi connectivity index (χ4v) is 1.95. The van der Waals surface area contributed by atoms with Crippen LogP contribution in [0.3, 0.4) is 0 Å². The van der Waals surface area contributed by atoms with Gasteiger partial charge >= 0.3 is 0 Å². The second-order valence-electron chi connectivity index (χ2n) is 4.12. The molecule has 90 valence electrons. The van der Waals surface area contributed by atoms with E-state index >= 15 is 0 Å². The molecule has 0 aliphatic heterocycles. The number of aryl methyl sites for hydroxylation is 2. The summed E-state index contributed by atoms with van der Waals surface area (Å²) in [5.74, 6) is 1.35. The van der Waals surface area contributed by atoms with Gasteiger partial charge in [0.15, 0.2) is 0 Å². The van der Waals surface area contributed by atoms with Gasteiger partial charge in [-0.2, -0.15) is 5.26 Å². The monoisotopic (exact) mass is 301 g/mol. The lowest BCUT2D eigenvalue weighted by molar-refractivity contribution is 0.476. The summed E-state index contributed by atoms with van der Waals surface area (Å²) in [7, 11) is 0. The van der Waals surface area contributed by atoms with E-state index in [0.29, 0.717) is 11.3 Å². The minimum atomic E-state index is 0.542. The van der Waals surface area contributed by atoms with Gasteiger partial charge in [-0.25, -0.2) is 0 Å². The Bertz CT molecular complexity index is 629. The lowest BCUT2D eigenvalue weighted by Gasteiger charge is -2.11. The summed E-state index contributed by atoms with van der Waals surface area (Å²) in [5, 5.41) is 9.07. The largest absolute Gasteiger partial charge is 0.456 e. The normalized spacial score (nSPS) is 9.89. The van der Waals surface area contributed by atoms with Gasteiger partial charge in [-0.15, -0.1) is 0 Å². The maximum absolute atomic E-state index is 9.07. The van der Waals surface area contributed by atoms with Crippen LogP contribution in [0, 0.1) is 25.2 Å². The van der Waals surface area contributed by atoms with Gasteiger partial charge < -0.3 is 4.74 Å². The Hall–Kier alpha value is -1.79. The Kier molecular flexibility index (Phi) is 3.69. The van der Waals surface area contributed by atoms with Crippen molar-refractivity contribution >= 4 is 15.9 Å². The Morgan fingerprint density at radius 1 is 1.06 bits per heavy atom. The Balaban J connectivity index is 2.43. The van der Waals surface area contributed by atoms with Crippen LogP contribution in [-0.2, 0) is 0 Å². The molecule has 0 unspecified atom stereocenters. The SMILES string of the molecule is Cc1ccc(C#N)c(Oc2cc(Br)ccc2C)c1. The standard InChI is InChI=1S/C15H12BrNO/c1-10-3-5-12(9-17)15(7-10)18-14-8-13(16)6-4-11(14)2/h3-8H,1-2H3. The van der Waals surface area contributed by atoms with Crippen molar-refractivity contribution < 1.29 is 4.74 Å². The van der Waals surface area contributed by atoms with Crippen molar-refractivity contribution in [2.75, 3.05) is 0 Å². The first-order chi connectivity index (χ1) is 8.60. The summed E-state index contributed by atoms with van der Waals surface area (Å²) in [6.45, 7) is 3.95. The molecular formula is C15H12BrNO. The first-order valence-corrected chi connectivity index (χ1v) is 6.34. The van der Waals surface area contributed by atoms with E-state index in [0.717, 1.165) is 21.3 Å². The summed E-state index contributed by atoms with van der Waals surface area (Å²) < 4.78 is 6.79. The molecule has 0 fully saturated rings. The van der Waals surface area contributed by atoms with E-state index in [1.807, 2.05) is 44.2 Å². The highest BCUT2D eigenvalue weighted by atomic mass is 79.9. The van der Waals surface area contributed by atoms with Gasteiger partial charge in [0.05, 0.1) is 5.56 Å². The number of nitriles is 1. The number of hydrogen-bond donors (Lipinski definition) is 0. The number of ether oxygens (including phenoxy) is 1. The number of nitrogens with zero attached hydrogens (tertiary/aromatic N) is 1. The van der Waals surface area contributed by atoms with Crippen LogP contribution in [-0.4, -0.2) is 0 Å². The molecule has 0 atom stereocenters. The molecule has 2 nitrogen and oxygen atoms in total. The minimum Gasteiger partial charge on any atom is -0.456 e. The van der Waals surface area contributed by atoms with Crippen molar-refractivity contribution in [1.29, 1.82) is 5.26 Å². The number of rotatable bonds is 2. The van der Waals surface area contributed by atoms with Crippen LogP contribution in [0.25, 0.3) is 0 Å². The summed E-state index contributed by atoms with van der Waals surface area (Å²) in [6, 6.07) is 13.5. The van der Waals surface area contributed by atoms with Crippen molar-refractivity contribution in [3.05, 3.63) is 57.6 Å². The molecule has 0 amide bonds. The first kappa shape index (κ1) is 12.7. The number of hydrogen-bond acceptors (Lipinski definition) is 2. The molecule has 0 saturated heterocycles. The maximum Gasteiger partial charge on any atom is 0.145 e. The molecule has 2 rings (SSSR count). The highest BCUT2D eigenvalue weighted by molar-refractivity contribution is 9.10. The van der Waals surface area contributed by atoms with E-state index in [2.05, 4.69) is 22.0 Å². The average molecular weight is 302 g/mol. The fraction of sp³-hybridized carbons (Fsp3) is 0.133. The summed E-state index contributed by atoms with van der Waals surface area (Å²) in [5.41, 5.74) is 2.64. The fourth-order valence-electron chi connectivity index (χ4n) is 1.61. The zero-order valence-electron chi connectivity index (χ0n) is 10.2. The molecule has 2 aromatic rings. The maximum atomic E-state index is 9.07. The van der Waals surface area contributed by atoms with E-state index < -0.39 is 0 Å². The van der Waals surface area contributed by atoms with Crippen LogP contribution in [0.1, 0.15) is 16.7 Å². The zero-order valence-corrected chi connectivity index (χ0v) is 11.8. The lowest BCUT2D eigenvalue weighted by atomic mass is 10.1. The highest BCUT2D eigenvalue weighted by Gasteiger charge is 2.07. The second kappa shape index (κ2) is 5.24. The first-order valence-electron chi connectivity index (χ1n) is 5.55.